The minimum Gasteiger partial charge on any atom is -0.481 e. The largest absolute Gasteiger partial charge is 0.481 e. The number of nitrogens with zero attached hydrogens (tertiary/aromatic N) is 4. The average molecular weight is 335 g/mol. The Bertz CT molecular complexity index is 629. The van der Waals surface area contributed by atoms with Crippen LogP contribution in [0.4, 0.5) is 11.4 Å². The molecule has 1 aromatic heterocycles. The number of aliphatic carboxylic acids is 1. The fourth-order valence-electron chi connectivity index (χ4n) is 2.11. The van der Waals surface area contributed by atoms with Gasteiger partial charge in [-0.2, -0.15) is 5.21 Å². The molecule has 132 valence electrons. The van der Waals surface area contributed by atoms with E-state index in [1.165, 1.54) is 5.01 Å². The van der Waals surface area contributed by atoms with Crippen molar-refractivity contribution in [1.29, 1.82) is 0 Å². The van der Waals surface area contributed by atoms with E-state index in [1.54, 1.807) is 7.05 Å². The van der Waals surface area contributed by atoms with Gasteiger partial charge in [0, 0.05) is 13.5 Å². The highest BCUT2D eigenvalue weighted by Gasteiger charge is 2.18. The Morgan fingerprint density at radius 3 is 2.62 bits per heavy atom. The molecule has 0 aliphatic heterocycles. The van der Waals surface area contributed by atoms with Crippen LogP contribution in [0, 0.1) is 12.8 Å². The number of anilines is 2. The number of benzene rings is 1. The third-order valence-electron chi connectivity index (χ3n) is 3.37. The van der Waals surface area contributed by atoms with E-state index in [4.69, 9.17) is 16.7 Å². The molecule has 2 rings (SSSR count). The predicted molar refractivity (Wildman–Crippen MR) is 92.1 cm³/mol. The molecule has 2 aromatic rings. The second kappa shape index (κ2) is 9.46. The Kier molecular flexibility index (Phi) is 7.63. The average Bonchev–Trinajstić information content (AvgIpc) is 3.02. The molecular formula is C15H25N7O2. The summed E-state index contributed by atoms with van der Waals surface area (Å²) in [6.45, 7) is 3.96. The van der Waals surface area contributed by atoms with Crippen LogP contribution in [-0.2, 0) is 11.2 Å². The Morgan fingerprint density at radius 1 is 1.46 bits per heavy atom. The van der Waals surface area contributed by atoms with Gasteiger partial charge >= 0.3 is 5.97 Å². The van der Waals surface area contributed by atoms with Crippen molar-refractivity contribution in [3.05, 3.63) is 29.6 Å². The minimum absolute atomic E-state index is 0.347. The van der Waals surface area contributed by atoms with Crippen molar-refractivity contribution in [2.75, 3.05) is 17.8 Å². The van der Waals surface area contributed by atoms with E-state index in [1.807, 2.05) is 32.0 Å². The second-order valence-corrected chi connectivity index (χ2v) is 5.53. The molecule has 0 radical (unpaired) electrons. The first-order valence-corrected chi connectivity index (χ1v) is 7.64. The normalized spacial score (nSPS) is 11.3. The number of nitrogens with one attached hydrogen (secondary N) is 1. The maximum Gasteiger partial charge on any atom is 0.306 e. The van der Waals surface area contributed by atoms with Crippen molar-refractivity contribution in [2.24, 2.45) is 11.8 Å². The van der Waals surface area contributed by atoms with Crippen LogP contribution in [0.15, 0.2) is 18.2 Å². The number of tetrazole rings is 1. The van der Waals surface area contributed by atoms with Crippen molar-refractivity contribution in [1.82, 2.24) is 20.6 Å². The van der Waals surface area contributed by atoms with Crippen molar-refractivity contribution >= 4 is 17.3 Å². The van der Waals surface area contributed by atoms with E-state index in [0.29, 0.717) is 24.4 Å². The van der Waals surface area contributed by atoms with Crippen molar-refractivity contribution in [2.45, 2.75) is 33.1 Å². The van der Waals surface area contributed by atoms with E-state index >= 15 is 0 Å². The number of carbonyl (C=O) groups is 1. The van der Waals surface area contributed by atoms with Gasteiger partial charge in [-0.1, -0.05) is 24.6 Å². The zero-order valence-corrected chi connectivity index (χ0v) is 14.2. The Hall–Kier alpha value is -2.68. The molecule has 0 aliphatic carbocycles. The number of hydrogen-bond acceptors (Lipinski definition) is 7. The molecule has 9 nitrogen and oxygen atoms in total. The second-order valence-electron chi connectivity index (χ2n) is 5.53. The summed E-state index contributed by atoms with van der Waals surface area (Å²) in [4.78, 5) is 10.7. The number of H-pyrrole nitrogens is 1. The first kappa shape index (κ1) is 19.4. The van der Waals surface area contributed by atoms with E-state index < -0.39 is 11.9 Å². The summed E-state index contributed by atoms with van der Waals surface area (Å²) in [5, 5.41) is 23.4. The van der Waals surface area contributed by atoms with Gasteiger partial charge in [0.15, 0.2) is 5.82 Å². The van der Waals surface area contributed by atoms with Crippen molar-refractivity contribution in [3.8, 4) is 0 Å². The SMILES string of the molecule is CCCC(Cc1nn[nH]n1)C(=O)O.Cc1ccc(N)c(N(C)N)c1. The molecule has 0 aliphatic rings. The fourth-order valence-corrected chi connectivity index (χ4v) is 2.11. The number of nitrogen functional groups attached to an aromatic ring is 1. The van der Waals surface area contributed by atoms with Gasteiger partial charge < -0.3 is 15.8 Å². The standard InChI is InChI=1S/C8H13N3.C7H12N4O2/c1-6-3-4-7(9)8(5-6)11(2)10;1-2-3-5(7(12)13)4-6-8-10-11-9-6/h3-5H,9-10H2,1-2H3;5H,2-4H2,1H3,(H,12,13)(H,8,9,10,11). The van der Waals surface area contributed by atoms with E-state index in [-0.39, 0.29) is 0 Å². The summed E-state index contributed by atoms with van der Waals surface area (Å²) in [6.07, 6.45) is 1.83. The molecule has 0 spiro atoms. The molecular weight excluding hydrogens is 310 g/mol. The number of aromatic nitrogens is 4. The van der Waals surface area contributed by atoms with Crippen LogP contribution < -0.4 is 16.6 Å². The first-order chi connectivity index (χ1) is 11.3. The molecule has 1 unspecified atom stereocenters. The van der Waals surface area contributed by atoms with E-state index in [2.05, 4.69) is 20.6 Å². The summed E-state index contributed by atoms with van der Waals surface area (Å²) in [5.41, 5.74) is 8.40. The van der Waals surface area contributed by atoms with Crippen LogP contribution in [0.2, 0.25) is 0 Å². The number of aromatic amines is 1. The fraction of sp³-hybridized carbons (Fsp3) is 0.467. The highest BCUT2D eigenvalue weighted by molar-refractivity contribution is 5.70. The lowest BCUT2D eigenvalue weighted by molar-refractivity contribution is -0.142. The maximum atomic E-state index is 10.7. The minimum atomic E-state index is -0.799. The van der Waals surface area contributed by atoms with Crippen LogP contribution in [0.1, 0.15) is 31.2 Å². The summed E-state index contributed by atoms with van der Waals surface area (Å²) in [5.74, 6) is 4.80. The zero-order valence-electron chi connectivity index (χ0n) is 14.2. The molecule has 6 N–H and O–H groups in total. The molecule has 0 saturated carbocycles. The Morgan fingerprint density at radius 2 is 2.17 bits per heavy atom. The molecule has 0 fully saturated rings. The lowest BCUT2D eigenvalue weighted by Crippen LogP contribution is -2.25. The van der Waals surface area contributed by atoms with Crippen molar-refractivity contribution in [3.63, 3.8) is 0 Å². The van der Waals surface area contributed by atoms with Crippen LogP contribution in [0.25, 0.3) is 0 Å². The number of hydrogen-bond donors (Lipinski definition) is 4. The predicted octanol–water partition coefficient (Wildman–Crippen LogP) is 1.13. The topological polar surface area (TPSA) is 147 Å². The van der Waals surface area contributed by atoms with Gasteiger partial charge in [0.05, 0.1) is 17.3 Å². The summed E-state index contributed by atoms with van der Waals surface area (Å²) in [6, 6.07) is 5.77. The summed E-state index contributed by atoms with van der Waals surface area (Å²) in [7, 11) is 1.77. The molecule has 1 aromatic carbocycles. The number of aryl methyl sites for hydroxylation is 1. The third-order valence-corrected chi connectivity index (χ3v) is 3.37. The monoisotopic (exact) mass is 335 g/mol. The smallest absolute Gasteiger partial charge is 0.306 e. The Labute approximate surface area is 141 Å². The van der Waals surface area contributed by atoms with Gasteiger partial charge in [0.25, 0.3) is 0 Å². The maximum absolute atomic E-state index is 10.7. The molecule has 9 heteroatoms. The number of carboxylic acids is 1. The number of hydrazine groups is 1. The molecule has 24 heavy (non-hydrogen) atoms. The van der Waals surface area contributed by atoms with Gasteiger partial charge in [-0.3, -0.25) is 4.79 Å². The Balaban J connectivity index is 0.000000243. The first-order valence-electron chi connectivity index (χ1n) is 7.64. The molecule has 0 saturated heterocycles. The number of rotatable bonds is 6. The number of carboxylic acid groups (broad SMARTS) is 1. The van der Waals surface area contributed by atoms with Crippen LogP contribution >= 0.6 is 0 Å². The van der Waals surface area contributed by atoms with Crippen molar-refractivity contribution < 1.29 is 9.90 Å². The van der Waals surface area contributed by atoms with Crippen LogP contribution in [0.3, 0.4) is 0 Å². The molecule has 1 atom stereocenters. The van der Waals surface area contributed by atoms with Gasteiger partial charge in [0.1, 0.15) is 0 Å². The van der Waals surface area contributed by atoms with Gasteiger partial charge in [0.2, 0.25) is 0 Å². The highest BCUT2D eigenvalue weighted by atomic mass is 16.4. The third kappa shape index (κ3) is 6.21. The van der Waals surface area contributed by atoms with Crippen LogP contribution in [-0.4, -0.2) is 38.7 Å². The lowest BCUT2D eigenvalue weighted by atomic mass is 10.00. The van der Waals surface area contributed by atoms with Gasteiger partial charge in [-0.05, 0) is 31.0 Å². The van der Waals surface area contributed by atoms with Gasteiger partial charge in [-0.25, -0.2) is 5.84 Å². The summed E-state index contributed by atoms with van der Waals surface area (Å²) >= 11 is 0. The van der Waals surface area contributed by atoms with E-state index in [9.17, 15) is 4.79 Å². The molecule has 0 amide bonds. The zero-order chi connectivity index (χ0) is 18.1. The molecule has 0 bridgehead atoms. The van der Waals surface area contributed by atoms with E-state index in [0.717, 1.165) is 17.7 Å². The van der Waals surface area contributed by atoms with Crippen LogP contribution in [0.5, 0.6) is 0 Å². The quantitative estimate of drug-likeness (QED) is 0.349. The highest BCUT2D eigenvalue weighted by Crippen LogP contribution is 2.20. The molecule has 1 heterocycles. The number of nitrogens with two attached hydrogens (primary N) is 2. The lowest BCUT2D eigenvalue weighted by Gasteiger charge is -2.14. The summed E-state index contributed by atoms with van der Waals surface area (Å²) < 4.78 is 0. The van der Waals surface area contributed by atoms with Gasteiger partial charge in [-0.15, -0.1) is 10.2 Å².